The van der Waals surface area contributed by atoms with Crippen molar-refractivity contribution in [3.8, 4) is 0 Å². The smallest absolute Gasteiger partial charge is 0.233 e. The molecule has 1 aromatic rings. The largest absolute Gasteiger partial charge is 0.357 e. The average Bonchev–Trinajstić information content (AvgIpc) is 3.05. The number of nitrogens with zero attached hydrogens (tertiary/aromatic N) is 3. The van der Waals surface area contributed by atoms with E-state index in [9.17, 15) is 4.79 Å². The molecular formula is C16H24N4OS2. The molecule has 1 aromatic heterocycles. The van der Waals surface area contributed by atoms with Crippen LogP contribution in [-0.4, -0.2) is 46.4 Å². The van der Waals surface area contributed by atoms with Crippen LogP contribution < -0.4 is 5.32 Å². The molecule has 2 unspecified atom stereocenters. The van der Waals surface area contributed by atoms with Crippen LogP contribution in [0.4, 0.5) is 5.13 Å². The third-order valence-corrected chi connectivity index (χ3v) is 6.77. The van der Waals surface area contributed by atoms with Crippen LogP contribution >= 0.6 is 23.1 Å². The Hall–Kier alpha value is -1.08. The summed E-state index contributed by atoms with van der Waals surface area (Å²) in [5, 5.41) is 12.1. The summed E-state index contributed by atoms with van der Waals surface area (Å²) in [6.45, 7) is 6.23. The fourth-order valence-corrected chi connectivity index (χ4v) is 5.20. The number of fused-ring (bicyclic) bond motifs is 1. The van der Waals surface area contributed by atoms with Crippen LogP contribution in [0.15, 0.2) is 17.0 Å². The summed E-state index contributed by atoms with van der Waals surface area (Å²) in [6.07, 6.45) is 8.36. The average molecular weight is 353 g/mol. The minimum Gasteiger partial charge on any atom is -0.357 e. The van der Waals surface area contributed by atoms with Crippen LogP contribution in [0, 0.1) is 11.8 Å². The minimum absolute atomic E-state index is 0.245. The van der Waals surface area contributed by atoms with Crippen LogP contribution in [0.25, 0.3) is 0 Å². The number of likely N-dealkylation sites (tertiary alicyclic amines) is 1. The summed E-state index contributed by atoms with van der Waals surface area (Å²) in [5.41, 5.74) is 0. The maximum absolute atomic E-state index is 12.5. The maximum Gasteiger partial charge on any atom is 0.233 e. The van der Waals surface area contributed by atoms with Crippen LogP contribution in [0.3, 0.4) is 0 Å². The second-order valence-corrected chi connectivity index (χ2v) is 8.46. The van der Waals surface area contributed by atoms with Gasteiger partial charge >= 0.3 is 0 Å². The molecule has 0 radical (unpaired) electrons. The van der Waals surface area contributed by atoms with Crippen molar-refractivity contribution in [1.29, 1.82) is 0 Å². The van der Waals surface area contributed by atoms with Crippen LogP contribution in [0.1, 0.15) is 32.1 Å². The number of amides is 1. The zero-order valence-corrected chi connectivity index (χ0v) is 15.0. The van der Waals surface area contributed by atoms with Crippen LogP contribution in [0.2, 0.25) is 0 Å². The molecule has 3 rings (SSSR count). The van der Waals surface area contributed by atoms with Crippen molar-refractivity contribution >= 4 is 34.1 Å². The molecule has 1 saturated carbocycles. The van der Waals surface area contributed by atoms with E-state index in [2.05, 4.69) is 27.0 Å². The maximum atomic E-state index is 12.5. The van der Waals surface area contributed by atoms with Gasteiger partial charge in [-0.25, -0.2) is 0 Å². The summed E-state index contributed by atoms with van der Waals surface area (Å²) in [7, 11) is 0. The van der Waals surface area contributed by atoms with Crippen molar-refractivity contribution in [3.05, 3.63) is 12.7 Å². The molecule has 2 aliphatic rings. The third-order valence-electron chi connectivity index (χ3n) is 4.77. The summed E-state index contributed by atoms with van der Waals surface area (Å²) in [4.78, 5) is 14.5. The van der Waals surface area contributed by atoms with E-state index in [4.69, 9.17) is 0 Å². The highest BCUT2D eigenvalue weighted by atomic mass is 32.2. The van der Waals surface area contributed by atoms with E-state index in [1.165, 1.54) is 55.2 Å². The summed E-state index contributed by atoms with van der Waals surface area (Å²) in [6, 6.07) is 0. The Morgan fingerprint density at radius 2 is 2.17 bits per heavy atom. The predicted octanol–water partition coefficient (Wildman–Crippen LogP) is 3.27. The number of thioether (sulfide) groups is 1. The van der Waals surface area contributed by atoms with Gasteiger partial charge in [-0.15, -0.1) is 16.8 Å². The van der Waals surface area contributed by atoms with Gasteiger partial charge in [-0.3, -0.25) is 4.79 Å². The number of aromatic nitrogens is 2. The molecule has 0 bridgehead atoms. The van der Waals surface area contributed by atoms with E-state index in [1.54, 1.807) is 6.08 Å². The molecule has 1 N–H and O–H groups in total. The SMILES string of the molecule is C=CCNc1nnc(SCC(=O)N2CCC3CCCCC3C2)s1. The first-order valence-corrected chi connectivity index (χ1v) is 10.2. The number of anilines is 1. The predicted molar refractivity (Wildman–Crippen MR) is 96.0 cm³/mol. The zero-order chi connectivity index (χ0) is 16.1. The molecule has 2 heterocycles. The molecule has 1 amide bonds. The van der Waals surface area contributed by atoms with Gasteiger partial charge in [-0.2, -0.15) is 0 Å². The molecule has 23 heavy (non-hydrogen) atoms. The van der Waals surface area contributed by atoms with Gasteiger partial charge in [0.1, 0.15) is 0 Å². The van der Waals surface area contributed by atoms with Gasteiger partial charge in [-0.1, -0.05) is 48.4 Å². The van der Waals surface area contributed by atoms with E-state index in [-0.39, 0.29) is 5.91 Å². The lowest BCUT2D eigenvalue weighted by Crippen LogP contribution is -2.45. The van der Waals surface area contributed by atoms with Crippen LogP contribution in [-0.2, 0) is 4.79 Å². The summed E-state index contributed by atoms with van der Waals surface area (Å²) < 4.78 is 0.845. The highest BCUT2D eigenvalue weighted by Crippen LogP contribution is 2.36. The Morgan fingerprint density at radius 3 is 3.00 bits per heavy atom. The highest BCUT2D eigenvalue weighted by Gasteiger charge is 2.32. The number of hydrogen-bond acceptors (Lipinski definition) is 6. The van der Waals surface area contributed by atoms with Crippen molar-refractivity contribution in [1.82, 2.24) is 15.1 Å². The first-order valence-electron chi connectivity index (χ1n) is 8.35. The summed E-state index contributed by atoms with van der Waals surface area (Å²) >= 11 is 2.98. The summed E-state index contributed by atoms with van der Waals surface area (Å²) in [5.74, 6) is 2.31. The zero-order valence-electron chi connectivity index (χ0n) is 13.4. The number of carbonyl (C=O) groups excluding carboxylic acids is 1. The van der Waals surface area contributed by atoms with E-state index in [0.717, 1.165) is 34.4 Å². The third kappa shape index (κ3) is 4.47. The molecule has 1 aliphatic carbocycles. The monoisotopic (exact) mass is 352 g/mol. The molecular weight excluding hydrogens is 328 g/mol. The molecule has 2 atom stereocenters. The first-order chi connectivity index (χ1) is 11.3. The first kappa shape index (κ1) is 16.8. The quantitative estimate of drug-likeness (QED) is 0.629. The lowest BCUT2D eigenvalue weighted by atomic mass is 9.75. The van der Waals surface area contributed by atoms with Crippen molar-refractivity contribution in [3.63, 3.8) is 0 Å². The normalized spacial score (nSPS) is 24.1. The molecule has 7 heteroatoms. The van der Waals surface area contributed by atoms with E-state index in [1.807, 2.05) is 0 Å². The van der Waals surface area contributed by atoms with Gasteiger partial charge in [0.25, 0.3) is 0 Å². The Balaban J connectivity index is 1.45. The Bertz CT molecular complexity index is 548. The van der Waals surface area contributed by atoms with Crippen molar-refractivity contribution < 1.29 is 4.79 Å². The van der Waals surface area contributed by atoms with E-state index in [0.29, 0.717) is 12.3 Å². The number of carbonyl (C=O) groups is 1. The molecule has 126 valence electrons. The lowest BCUT2D eigenvalue weighted by molar-refractivity contribution is -0.131. The standard InChI is InChI=1S/C16H24N4OS2/c1-2-8-17-15-18-19-16(23-15)22-11-14(21)20-9-7-12-5-3-4-6-13(12)10-20/h2,12-13H,1,3-11H2,(H,17,18). The number of hydrogen-bond donors (Lipinski definition) is 1. The Morgan fingerprint density at radius 1 is 1.35 bits per heavy atom. The van der Waals surface area contributed by atoms with Crippen molar-refractivity contribution in [2.45, 2.75) is 36.4 Å². The van der Waals surface area contributed by atoms with E-state index < -0.39 is 0 Å². The molecule has 0 spiro atoms. The molecule has 5 nitrogen and oxygen atoms in total. The molecule has 1 saturated heterocycles. The topological polar surface area (TPSA) is 58.1 Å². The van der Waals surface area contributed by atoms with Gasteiger partial charge in [0, 0.05) is 19.6 Å². The van der Waals surface area contributed by atoms with Crippen LogP contribution in [0.5, 0.6) is 0 Å². The fourth-order valence-electron chi connectivity index (χ4n) is 3.54. The molecule has 1 aliphatic heterocycles. The second kappa shape index (κ2) is 8.15. The number of rotatable bonds is 6. The van der Waals surface area contributed by atoms with Crippen molar-refractivity contribution in [2.24, 2.45) is 11.8 Å². The number of piperidine rings is 1. The Labute approximate surface area is 145 Å². The van der Waals surface area contributed by atoms with Gasteiger partial charge in [0.2, 0.25) is 11.0 Å². The fraction of sp³-hybridized carbons (Fsp3) is 0.688. The van der Waals surface area contributed by atoms with Gasteiger partial charge in [0.05, 0.1) is 5.75 Å². The van der Waals surface area contributed by atoms with Gasteiger partial charge < -0.3 is 10.2 Å². The lowest BCUT2D eigenvalue weighted by Gasteiger charge is -2.41. The van der Waals surface area contributed by atoms with Gasteiger partial charge in [0.15, 0.2) is 4.34 Å². The second-order valence-electron chi connectivity index (χ2n) is 6.26. The van der Waals surface area contributed by atoms with Gasteiger partial charge in [-0.05, 0) is 24.7 Å². The minimum atomic E-state index is 0.245. The molecule has 2 fully saturated rings. The van der Waals surface area contributed by atoms with Crippen molar-refractivity contribution in [2.75, 3.05) is 30.7 Å². The van der Waals surface area contributed by atoms with E-state index >= 15 is 0 Å². The Kier molecular flexibility index (Phi) is 5.94. The molecule has 0 aromatic carbocycles. The number of nitrogens with one attached hydrogen (secondary N) is 1. The highest BCUT2D eigenvalue weighted by molar-refractivity contribution is 8.01.